The second-order valence-corrected chi connectivity index (χ2v) is 13.9. The first-order valence-electron chi connectivity index (χ1n) is 17.5. The van der Waals surface area contributed by atoms with E-state index in [1.54, 1.807) is 0 Å². The number of hydrogen-bond donors (Lipinski definition) is 0. The largest absolute Gasteiger partial charge is 0.456 e. The SMILES string of the molecule is CC1(C)c2ccccc2-c2cc(-c3nc(-c4ccccc4)nc(-c4cncc(-c5ccc6c(c5)oc5cccc(-c7ccccc7)c56)c4)n3)ccc21. The Hall–Kier alpha value is -6.72. The van der Waals surface area contributed by atoms with Crippen LogP contribution in [0.3, 0.4) is 0 Å². The number of furan rings is 1. The minimum atomic E-state index is -0.0778. The zero-order valence-electron chi connectivity index (χ0n) is 28.7. The first-order chi connectivity index (χ1) is 25.5. The molecule has 52 heavy (non-hydrogen) atoms. The molecule has 1 aliphatic rings. The van der Waals surface area contributed by atoms with E-state index in [0.29, 0.717) is 17.5 Å². The lowest BCUT2D eigenvalue weighted by atomic mass is 9.82. The van der Waals surface area contributed by atoms with Crippen LogP contribution in [0, 0.1) is 0 Å². The molecular weight excluding hydrogens is 637 g/mol. The third kappa shape index (κ3) is 4.85. The summed E-state index contributed by atoms with van der Waals surface area (Å²) >= 11 is 0. The zero-order valence-corrected chi connectivity index (χ0v) is 28.7. The van der Waals surface area contributed by atoms with Gasteiger partial charge in [-0.15, -0.1) is 0 Å². The lowest BCUT2D eigenvalue weighted by Gasteiger charge is -2.21. The van der Waals surface area contributed by atoms with E-state index in [9.17, 15) is 0 Å². The average Bonchev–Trinajstić information content (AvgIpc) is 3.70. The molecule has 1 aliphatic carbocycles. The number of fused-ring (bicyclic) bond motifs is 6. The van der Waals surface area contributed by atoms with Crippen molar-refractivity contribution in [2.24, 2.45) is 0 Å². The van der Waals surface area contributed by atoms with E-state index in [1.807, 2.05) is 54.9 Å². The lowest BCUT2D eigenvalue weighted by Crippen LogP contribution is -2.14. The van der Waals surface area contributed by atoms with Crippen LogP contribution in [0.4, 0.5) is 0 Å². The van der Waals surface area contributed by atoms with Crippen LogP contribution in [-0.2, 0) is 5.41 Å². The highest BCUT2D eigenvalue weighted by molar-refractivity contribution is 6.13. The summed E-state index contributed by atoms with van der Waals surface area (Å²) in [6, 6.07) is 50.5. The smallest absolute Gasteiger partial charge is 0.165 e. The molecule has 0 saturated carbocycles. The molecule has 246 valence electrons. The molecule has 0 unspecified atom stereocenters. The minimum absolute atomic E-state index is 0.0778. The maximum atomic E-state index is 6.43. The summed E-state index contributed by atoms with van der Waals surface area (Å²) in [5.74, 6) is 1.80. The van der Waals surface area contributed by atoms with Gasteiger partial charge in [0.2, 0.25) is 0 Å². The molecule has 0 bridgehead atoms. The van der Waals surface area contributed by atoms with Gasteiger partial charge in [-0.2, -0.15) is 0 Å². The van der Waals surface area contributed by atoms with Gasteiger partial charge in [0.25, 0.3) is 0 Å². The molecule has 3 aromatic heterocycles. The van der Waals surface area contributed by atoms with Crippen LogP contribution in [0.25, 0.3) is 89.5 Å². The highest BCUT2D eigenvalue weighted by atomic mass is 16.3. The van der Waals surface area contributed by atoms with Gasteiger partial charge in [0.15, 0.2) is 17.5 Å². The second kappa shape index (κ2) is 11.7. The number of nitrogens with zero attached hydrogens (tertiary/aromatic N) is 4. The number of aromatic nitrogens is 4. The van der Waals surface area contributed by atoms with E-state index < -0.39 is 0 Å². The first-order valence-corrected chi connectivity index (χ1v) is 17.5. The van der Waals surface area contributed by atoms with Gasteiger partial charge in [-0.1, -0.05) is 129 Å². The van der Waals surface area contributed by atoms with Crippen molar-refractivity contribution in [1.82, 2.24) is 19.9 Å². The molecule has 9 aromatic rings. The van der Waals surface area contributed by atoms with Crippen LogP contribution in [0.5, 0.6) is 0 Å². The van der Waals surface area contributed by atoms with Gasteiger partial charge < -0.3 is 4.42 Å². The molecular formula is C47H32N4O. The minimum Gasteiger partial charge on any atom is -0.456 e. The van der Waals surface area contributed by atoms with Crippen molar-refractivity contribution in [2.45, 2.75) is 19.3 Å². The predicted octanol–water partition coefficient (Wildman–Crippen LogP) is 11.8. The van der Waals surface area contributed by atoms with E-state index >= 15 is 0 Å². The van der Waals surface area contributed by atoms with E-state index in [0.717, 1.165) is 60.9 Å². The summed E-state index contributed by atoms with van der Waals surface area (Å²) in [6.07, 6.45) is 3.70. The van der Waals surface area contributed by atoms with Crippen molar-refractivity contribution < 1.29 is 4.42 Å². The van der Waals surface area contributed by atoms with Crippen molar-refractivity contribution in [3.63, 3.8) is 0 Å². The topological polar surface area (TPSA) is 64.7 Å². The summed E-state index contributed by atoms with van der Waals surface area (Å²) in [7, 11) is 0. The third-order valence-electron chi connectivity index (χ3n) is 10.4. The monoisotopic (exact) mass is 668 g/mol. The fourth-order valence-electron chi connectivity index (χ4n) is 7.79. The summed E-state index contributed by atoms with van der Waals surface area (Å²) in [6.45, 7) is 4.58. The third-order valence-corrected chi connectivity index (χ3v) is 10.4. The van der Waals surface area contributed by atoms with E-state index in [1.165, 1.54) is 22.3 Å². The highest BCUT2D eigenvalue weighted by Crippen LogP contribution is 2.49. The van der Waals surface area contributed by atoms with Crippen molar-refractivity contribution in [3.8, 4) is 67.5 Å². The van der Waals surface area contributed by atoms with Crippen molar-refractivity contribution in [2.75, 3.05) is 0 Å². The van der Waals surface area contributed by atoms with Crippen molar-refractivity contribution in [3.05, 3.63) is 169 Å². The van der Waals surface area contributed by atoms with Crippen LogP contribution in [0.2, 0.25) is 0 Å². The molecule has 5 heteroatoms. The molecule has 0 aliphatic heterocycles. The second-order valence-electron chi connectivity index (χ2n) is 13.9. The van der Waals surface area contributed by atoms with Gasteiger partial charge in [-0.05, 0) is 69.3 Å². The number of rotatable bonds is 5. The molecule has 0 atom stereocenters. The number of hydrogen-bond acceptors (Lipinski definition) is 5. The molecule has 0 radical (unpaired) electrons. The number of pyridine rings is 1. The molecule has 0 amide bonds. The fraction of sp³-hybridized carbons (Fsp3) is 0.0638. The van der Waals surface area contributed by atoms with Gasteiger partial charge in [-0.3, -0.25) is 4.98 Å². The molecule has 10 rings (SSSR count). The summed E-state index contributed by atoms with van der Waals surface area (Å²) < 4.78 is 6.43. The summed E-state index contributed by atoms with van der Waals surface area (Å²) in [5.41, 5.74) is 13.7. The normalized spacial score (nSPS) is 13.0. The van der Waals surface area contributed by atoms with Crippen LogP contribution in [-0.4, -0.2) is 19.9 Å². The Morgan fingerprint density at radius 1 is 0.423 bits per heavy atom. The molecule has 3 heterocycles. The molecule has 0 N–H and O–H groups in total. The predicted molar refractivity (Wildman–Crippen MR) is 210 cm³/mol. The average molecular weight is 669 g/mol. The summed E-state index contributed by atoms with van der Waals surface area (Å²) in [4.78, 5) is 19.8. The van der Waals surface area contributed by atoms with E-state index in [2.05, 4.69) is 122 Å². The Bertz CT molecular complexity index is 2820. The molecule has 0 spiro atoms. The Kier molecular flexibility index (Phi) is 6.77. The van der Waals surface area contributed by atoms with Crippen molar-refractivity contribution in [1.29, 1.82) is 0 Å². The fourth-order valence-corrected chi connectivity index (χ4v) is 7.79. The number of benzene rings is 6. The maximum Gasteiger partial charge on any atom is 0.165 e. The van der Waals surface area contributed by atoms with Gasteiger partial charge in [0, 0.05) is 50.8 Å². The van der Waals surface area contributed by atoms with E-state index in [-0.39, 0.29) is 5.41 Å². The van der Waals surface area contributed by atoms with Crippen LogP contribution in [0.15, 0.2) is 162 Å². The van der Waals surface area contributed by atoms with Gasteiger partial charge in [0.05, 0.1) is 0 Å². The highest BCUT2D eigenvalue weighted by Gasteiger charge is 2.35. The Labute approximate surface area is 301 Å². The summed E-state index contributed by atoms with van der Waals surface area (Å²) in [5, 5.41) is 2.20. The molecule has 0 fully saturated rings. The van der Waals surface area contributed by atoms with Crippen LogP contribution < -0.4 is 0 Å². The van der Waals surface area contributed by atoms with Gasteiger partial charge >= 0.3 is 0 Å². The molecule has 6 aromatic carbocycles. The van der Waals surface area contributed by atoms with E-state index in [4.69, 9.17) is 19.4 Å². The van der Waals surface area contributed by atoms with Crippen molar-refractivity contribution >= 4 is 21.9 Å². The standard InChI is InChI=1S/C47H32N4O/c1-47(2)39-18-10-9-16-36(39)38-25-32(21-23-40(38)47)45-49-44(30-14-7-4-8-15-30)50-46(51-45)34-24-33(27-48-28-34)31-20-22-37-42(26-31)52-41-19-11-17-35(43(37)41)29-12-5-3-6-13-29/h3-28H,1-2H3. The Morgan fingerprint density at radius 2 is 1.06 bits per heavy atom. The van der Waals surface area contributed by atoms with Gasteiger partial charge in [0.1, 0.15) is 11.2 Å². The molecule has 5 nitrogen and oxygen atoms in total. The van der Waals surface area contributed by atoms with Gasteiger partial charge in [-0.25, -0.2) is 15.0 Å². The maximum absolute atomic E-state index is 6.43. The quantitative estimate of drug-likeness (QED) is 0.183. The van der Waals surface area contributed by atoms with Crippen LogP contribution >= 0.6 is 0 Å². The Balaban J connectivity index is 1.08. The van der Waals surface area contributed by atoms with Crippen LogP contribution in [0.1, 0.15) is 25.0 Å². The Morgan fingerprint density at radius 3 is 1.87 bits per heavy atom. The zero-order chi connectivity index (χ0) is 34.8. The lowest BCUT2D eigenvalue weighted by molar-refractivity contribution is 0.660. The first kappa shape index (κ1) is 30.1. The molecule has 0 saturated heterocycles.